The lowest BCUT2D eigenvalue weighted by molar-refractivity contribution is -0.121. The van der Waals surface area contributed by atoms with E-state index in [-0.39, 0.29) is 17.9 Å². The molecule has 0 aliphatic carbocycles. The number of benzene rings is 1. The molecule has 0 saturated carbocycles. The molecule has 1 amide bonds. The minimum Gasteiger partial charge on any atom is -0.310 e. The molecule has 1 aliphatic rings. The molecule has 0 spiro atoms. The van der Waals surface area contributed by atoms with E-state index in [1.807, 2.05) is 26.0 Å². The van der Waals surface area contributed by atoms with Gasteiger partial charge < -0.3 is 5.32 Å². The fraction of sp³-hybridized carbons (Fsp3) is 0.429. The third kappa shape index (κ3) is 4.50. The van der Waals surface area contributed by atoms with Gasteiger partial charge in [-0.1, -0.05) is 19.1 Å². The first-order valence-corrected chi connectivity index (χ1v) is 9.41. The first kappa shape index (κ1) is 19.4. The second kappa shape index (κ2) is 8.57. The van der Waals surface area contributed by atoms with Crippen molar-refractivity contribution < 1.29 is 13.6 Å². The Labute approximate surface area is 158 Å². The molecule has 1 aliphatic heterocycles. The van der Waals surface area contributed by atoms with Crippen LogP contribution in [-0.2, 0) is 4.79 Å². The molecule has 27 heavy (non-hydrogen) atoms. The number of rotatable bonds is 5. The summed E-state index contributed by atoms with van der Waals surface area (Å²) >= 11 is 0. The summed E-state index contributed by atoms with van der Waals surface area (Å²) in [5, 5.41) is 2.92. The number of halogens is 2. The molecule has 0 radical (unpaired) electrons. The highest BCUT2D eigenvalue weighted by Crippen LogP contribution is 2.31. The van der Waals surface area contributed by atoms with Gasteiger partial charge in [0.1, 0.15) is 17.5 Å². The van der Waals surface area contributed by atoms with Crippen LogP contribution in [0.25, 0.3) is 0 Å². The van der Waals surface area contributed by atoms with Gasteiger partial charge >= 0.3 is 0 Å². The van der Waals surface area contributed by atoms with Crippen molar-refractivity contribution in [2.45, 2.75) is 39.2 Å². The molecule has 1 aromatic carbocycles. The van der Waals surface area contributed by atoms with E-state index in [0.29, 0.717) is 24.3 Å². The van der Waals surface area contributed by atoms with E-state index in [1.165, 1.54) is 12.1 Å². The van der Waals surface area contributed by atoms with Crippen LogP contribution in [0.4, 0.5) is 14.6 Å². The van der Waals surface area contributed by atoms with Gasteiger partial charge in [0.05, 0.1) is 5.92 Å². The van der Waals surface area contributed by atoms with Crippen LogP contribution in [0.5, 0.6) is 0 Å². The van der Waals surface area contributed by atoms with Crippen molar-refractivity contribution in [1.29, 1.82) is 0 Å². The molecular formula is C21H25F2N3O. The van der Waals surface area contributed by atoms with Gasteiger partial charge in [-0.3, -0.25) is 9.69 Å². The lowest BCUT2D eigenvalue weighted by Crippen LogP contribution is -2.42. The fourth-order valence-corrected chi connectivity index (χ4v) is 3.79. The molecule has 1 fully saturated rings. The molecule has 1 N–H and O–H groups in total. The third-order valence-electron chi connectivity index (χ3n) is 5.22. The van der Waals surface area contributed by atoms with Gasteiger partial charge in [-0.15, -0.1) is 0 Å². The Hall–Kier alpha value is -2.34. The van der Waals surface area contributed by atoms with Gasteiger partial charge in [-0.25, -0.2) is 13.8 Å². The standard InChI is InChI=1S/C21H25F2N3O/c1-3-19(17-9-8-16(22)12-18(17)23)26-11-5-7-15(13-26)21(27)25-20-14(2)6-4-10-24-20/h4,6,8-10,12,15,19H,3,5,7,11,13H2,1-2H3,(H,24,25,27)/t15-,19-/m1/s1. The van der Waals surface area contributed by atoms with E-state index < -0.39 is 11.6 Å². The number of piperidine rings is 1. The predicted octanol–water partition coefficient (Wildman–Crippen LogP) is 4.47. The lowest BCUT2D eigenvalue weighted by Gasteiger charge is -2.37. The average Bonchev–Trinajstić information content (AvgIpc) is 2.66. The number of hydrogen-bond donors (Lipinski definition) is 1. The van der Waals surface area contributed by atoms with E-state index in [9.17, 15) is 13.6 Å². The highest BCUT2D eigenvalue weighted by Gasteiger charge is 2.31. The highest BCUT2D eigenvalue weighted by molar-refractivity contribution is 5.92. The molecule has 144 valence electrons. The highest BCUT2D eigenvalue weighted by atomic mass is 19.1. The minimum absolute atomic E-state index is 0.0593. The molecule has 2 atom stereocenters. The smallest absolute Gasteiger partial charge is 0.229 e. The molecule has 2 aromatic rings. The number of amides is 1. The Morgan fingerprint density at radius 1 is 1.37 bits per heavy atom. The Kier molecular flexibility index (Phi) is 6.16. The van der Waals surface area contributed by atoms with Crippen molar-refractivity contribution in [2.24, 2.45) is 5.92 Å². The maximum absolute atomic E-state index is 14.3. The van der Waals surface area contributed by atoms with Crippen molar-refractivity contribution in [1.82, 2.24) is 9.88 Å². The molecule has 1 aromatic heterocycles. The lowest BCUT2D eigenvalue weighted by atomic mass is 9.93. The largest absolute Gasteiger partial charge is 0.310 e. The van der Waals surface area contributed by atoms with Crippen LogP contribution in [0, 0.1) is 24.5 Å². The summed E-state index contributed by atoms with van der Waals surface area (Å²) in [6.07, 6.45) is 3.99. The number of nitrogens with one attached hydrogen (secondary N) is 1. The zero-order valence-corrected chi connectivity index (χ0v) is 15.7. The van der Waals surface area contributed by atoms with Crippen LogP contribution >= 0.6 is 0 Å². The minimum atomic E-state index is -0.576. The summed E-state index contributed by atoms with van der Waals surface area (Å²) in [5.41, 5.74) is 1.40. The number of anilines is 1. The SMILES string of the molecule is CC[C@H](c1ccc(F)cc1F)N1CCC[C@@H](C(=O)Nc2ncccc2C)C1. The Bertz CT molecular complexity index is 812. The number of pyridine rings is 1. The maximum atomic E-state index is 14.3. The van der Waals surface area contributed by atoms with Crippen molar-refractivity contribution in [3.8, 4) is 0 Å². The number of hydrogen-bond acceptors (Lipinski definition) is 3. The molecule has 4 nitrogen and oxygen atoms in total. The second-order valence-electron chi connectivity index (χ2n) is 7.08. The molecule has 0 bridgehead atoms. The topological polar surface area (TPSA) is 45.2 Å². The van der Waals surface area contributed by atoms with Crippen molar-refractivity contribution >= 4 is 11.7 Å². The first-order valence-electron chi connectivity index (χ1n) is 9.41. The van der Waals surface area contributed by atoms with Gasteiger partial charge in [0, 0.05) is 30.4 Å². The molecule has 1 saturated heterocycles. The maximum Gasteiger partial charge on any atom is 0.229 e. The quantitative estimate of drug-likeness (QED) is 0.841. The van der Waals surface area contributed by atoms with Crippen molar-refractivity contribution in [3.05, 3.63) is 59.3 Å². The second-order valence-corrected chi connectivity index (χ2v) is 7.08. The van der Waals surface area contributed by atoms with E-state index in [1.54, 1.807) is 6.20 Å². The van der Waals surface area contributed by atoms with Crippen LogP contribution in [-0.4, -0.2) is 28.9 Å². The van der Waals surface area contributed by atoms with E-state index >= 15 is 0 Å². The fourth-order valence-electron chi connectivity index (χ4n) is 3.79. The van der Waals surface area contributed by atoms with Gasteiger partial charge in [0.2, 0.25) is 5.91 Å². The monoisotopic (exact) mass is 373 g/mol. The summed E-state index contributed by atoms with van der Waals surface area (Å²) in [5.74, 6) is -0.768. The van der Waals surface area contributed by atoms with Gasteiger partial charge in [0.15, 0.2) is 0 Å². The van der Waals surface area contributed by atoms with Crippen molar-refractivity contribution in [3.63, 3.8) is 0 Å². The van der Waals surface area contributed by atoms with E-state index in [0.717, 1.165) is 31.0 Å². The Morgan fingerprint density at radius 2 is 2.19 bits per heavy atom. The summed E-state index contributed by atoms with van der Waals surface area (Å²) in [6.45, 7) is 5.23. The first-order chi connectivity index (χ1) is 13.0. The number of likely N-dealkylation sites (tertiary alicyclic amines) is 1. The third-order valence-corrected chi connectivity index (χ3v) is 5.22. The number of carbonyl (C=O) groups is 1. The van der Waals surface area contributed by atoms with E-state index in [4.69, 9.17) is 0 Å². The van der Waals surface area contributed by atoms with Gasteiger partial charge in [-0.05, 0) is 50.4 Å². The van der Waals surface area contributed by atoms with Crippen LogP contribution in [0.15, 0.2) is 36.5 Å². The summed E-state index contributed by atoms with van der Waals surface area (Å²) < 4.78 is 27.5. The van der Waals surface area contributed by atoms with Crippen LogP contribution in [0.3, 0.4) is 0 Å². The van der Waals surface area contributed by atoms with Gasteiger partial charge in [-0.2, -0.15) is 0 Å². The molecule has 6 heteroatoms. The molecule has 2 heterocycles. The normalized spacial score (nSPS) is 18.9. The summed E-state index contributed by atoms with van der Waals surface area (Å²) in [7, 11) is 0. The van der Waals surface area contributed by atoms with Crippen LogP contribution < -0.4 is 5.32 Å². The molecular weight excluding hydrogens is 348 g/mol. The summed E-state index contributed by atoms with van der Waals surface area (Å²) in [4.78, 5) is 19.1. The van der Waals surface area contributed by atoms with Gasteiger partial charge in [0.25, 0.3) is 0 Å². The van der Waals surface area contributed by atoms with Crippen molar-refractivity contribution in [2.75, 3.05) is 18.4 Å². The predicted molar refractivity (Wildman–Crippen MR) is 101 cm³/mol. The number of nitrogens with zero attached hydrogens (tertiary/aromatic N) is 2. The zero-order chi connectivity index (χ0) is 19.4. The number of aromatic nitrogens is 1. The Balaban J connectivity index is 1.72. The van der Waals surface area contributed by atoms with Crippen LogP contribution in [0.1, 0.15) is 43.4 Å². The van der Waals surface area contributed by atoms with E-state index in [2.05, 4.69) is 15.2 Å². The Morgan fingerprint density at radius 3 is 2.89 bits per heavy atom. The number of aryl methyl sites for hydroxylation is 1. The molecule has 0 unspecified atom stereocenters. The average molecular weight is 373 g/mol. The number of carbonyl (C=O) groups excluding carboxylic acids is 1. The zero-order valence-electron chi connectivity index (χ0n) is 15.7. The molecule has 3 rings (SSSR count). The summed E-state index contributed by atoms with van der Waals surface area (Å²) in [6, 6.07) is 7.30. The van der Waals surface area contributed by atoms with Crippen LogP contribution in [0.2, 0.25) is 0 Å².